The standard InChI is InChI=1S/C28H25F7N6O3S.ClH/c1-2-41-25-15(10-37-27(39-25)38-18-8-17(29)11-36-12-18)7-20(26(41)42)19-9-21(30)24(23(32)22(19)31)40-45(43,44)13-14-3-5-16(6-4-14)28(33,34)35;/h3-7,9-10,17-18,36,40H,2,8,11-13H2,1H3,(H,37,38,39);1H/t17-,18-;/m0./s1. The lowest BCUT2D eigenvalue weighted by Gasteiger charge is -2.26. The maximum atomic E-state index is 15.3. The van der Waals surface area contributed by atoms with E-state index in [1.54, 1.807) is 11.6 Å². The summed E-state index contributed by atoms with van der Waals surface area (Å²) in [4.78, 5) is 21.9. The molecular formula is C28H26ClF7N6O3S. The van der Waals surface area contributed by atoms with Gasteiger partial charge in [0.05, 0.1) is 16.9 Å². The number of hydrogen-bond acceptors (Lipinski definition) is 7. The molecule has 2 aromatic carbocycles. The predicted molar refractivity (Wildman–Crippen MR) is 160 cm³/mol. The summed E-state index contributed by atoms with van der Waals surface area (Å²) in [5, 5.41) is 6.13. The summed E-state index contributed by atoms with van der Waals surface area (Å²) < 4.78 is 126. The topological polar surface area (TPSA) is 118 Å². The summed E-state index contributed by atoms with van der Waals surface area (Å²) >= 11 is 0. The van der Waals surface area contributed by atoms with E-state index in [2.05, 4.69) is 20.6 Å². The van der Waals surface area contributed by atoms with Gasteiger partial charge in [0, 0.05) is 49.2 Å². The quantitative estimate of drug-likeness (QED) is 0.167. The van der Waals surface area contributed by atoms with Crippen LogP contribution in [0.25, 0.3) is 22.2 Å². The predicted octanol–water partition coefficient (Wildman–Crippen LogP) is 5.39. The summed E-state index contributed by atoms with van der Waals surface area (Å²) in [6, 6.07) is 4.32. The molecule has 0 aliphatic carbocycles. The van der Waals surface area contributed by atoms with Crippen LogP contribution in [0.3, 0.4) is 0 Å². The molecule has 248 valence electrons. The van der Waals surface area contributed by atoms with Crippen molar-refractivity contribution in [3.63, 3.8) is 0 Å². The molecule has 0 saturated carbocycles. The number of halogens is 8. The van der Waals surface area contributed by atoms with Crippen LogP contribution >= 0.6 is 12.4 Å². The maximum absolute atomic E-state index is 15.3. The van der Waals surface area contributed by atoms with Crippen LogP contribution in [0, 0.1) is 17.5 Å². The number of aromatic nitrogens is 3. The van der Waals surface area contributed by atoms with Crippen molar-refractivity contribution >= 4 is 45.1 Å². The highest BCUT2D eigenvalue weighted by atomic mass is 35.5. The van der Waals surface area contributed by atoms with Crippen molar-refractivity contribution < 1.29 is 39.2 Å². The van der Waals surface area contributed by atoms with E-state index in [0.717, 1.165) is 22.8 Å². The van der Waals surface area contributed by atoms with Crippen LogP contribution in [0.2, 0.25) is 0 Å². The van der Waals surface area contributed by atoms with Gasteiger partial charge in [-0.15, -0.1) is 12.4 Å². The number of fused-ring (bicyclic) bond motifs is 1. The monoisotopic (exact) mass is 694 g/mol. The number of pyridine rings is 1. The summed E-state index contributed by atoms with van der Waals surface area (Å²) in [7, 11) is -4.63. The lowest BCUT2D eigenvalue weighted by molar-refractivity contribution is -0.137. The van der Waals surface area contributed by atoms with E-state index in [1.165, 1.54) is 6.20 Å². The summed E-state index contributed by atoms with van der Waals surface area (Å²) in [5.74, 6) is -6.08. The highest BCUT2D eigenvalue weighted by Gasteiger charge is 2.31. The molecule has 3 N–H and O–H groups in total. The van der Waals surface area contributed by atoms with Gasteiger partial charge < -0.3 is 10.6 Å². The number of aryl methyl sites for hydroxylation is 1. The first-order valence-electron chi connectivity index (χ1n) is 13.5. The molecule has 3 heterocycles. The Bertz CT molecular complexity index is 1920. The SMILES string of the molecule is CCn1c(=O)c(-c2cc(F)c(NS(=O)(=O)Cc3ccc(C(F)(F)F)cc3)c(F)c2F)cc2cnc(N[C@@H]3CNC[C@@H](F)C3)nc21.Cl. The average Bonchev–Trinajstić information content (AvgIpc) is 2.97. The maximum Gasteiger partial charge on any atom is 0.416 e. The second-order valence-corrected chi connectivity index (χ2v) is 12.1. The van der Waals surface area contributed by atoms with Gasteiger partial charge in [-0.2, -0.15) is 18.2 Å². The Balaban J connectivity index is 0.00000480. The van der Waals surface area contributed by atoms with Crippen molar-refractivity contribution in [3.8, 4) is 11.1 Å². The van der Waals surface area contributed by atoms with Crippen molar-refractivity contribution in [1.82, 2.24) is 19.9 Å². The zero-order chi connectivity index (χ0) is 32.7. The number of alkyl halides is 4. The molecule has 0 bridgehead atoms. The fourth-order valence-electron chi connectivity index (χ4n) is 4.98. The van der Waals surface area contributed by atoms with E-state index >= 15 is 13.2 Å². The Morgan fingerprint density at radius 3 is 2.37 bits per heavy atom. The van der Waals surface area contributed by atoms with E-state index in [-0.39, 0.29) is 60.5 Å². The molecule has 9 nitrogen and oxygen atoms in total. The number of rotatable bonds is 8. The molecular weight excluding hydrogens is 669 g/mol. The van der Waals surface area contributed by atoms with Crippen LogP contribution in [-0.4, -0.2) is 48.3 Å². The molecule has 0 spiro atoms. The van der Waals surface area contributed by atoms with Crippen LogP contribution in [0.5, 0.6) is 0 Å². The number of nitrogens with zero attached hydrogens (tertiary/aromatic N) is 3. The number of hydrogen-bond donors (Lipinski definition) is 3. The van der Waals surface area contributed by atoms with Gasteiger partial charge in [0.2, 0.25) is 16.0 Å². The first kappa shape index (κ1) is 34.9. The zero-order valence-electron chi connectivity index (χ0n) is 23.8. The van der Waals surface area contributed by atoms with E-state index in [0.29, 0.717) is 24.7 Å². The average molecular weight is 695 g/mol. The third-order valence-electron chi connectivity index (χ3n) is 7.12. The lowest BCUT2D eigenvalue weighted by Crippen LogP contribution is -2.44. The van der Waals surface area contributed by atoms with Gasteiger partial charge in [-0.05, 0) is 36.8 Å². The van der Waals surface area contributed by atoms with Crippen LogP contribution in [-0.2, 0) is 28.5 Å². The Kier molecular flexibility index (Phi) is 10.2. The summed E-state index contributed by atoms with van der Waals surface area (Å²) in [6.07, 6.45) is -4.21. The van der Waals surface area contributed by atoms with Gasteiger partial charge in [0.25, 0.3) is 5.56 Å². The number of nitrogens with one attached hydrogen (secondary N) is 3. The van der Waals surface area contributed by atoms with Crippen LogP contribution in [0.4, 0.5) is 42.4 Å². The van der Waals surface area contributed by atoms with Crippen molar-refractivity contribution in [2.45, 2.75) is 44.0 Å². The Hall–Kier alpha value is -3.96. The molecule has 4 aromatic rings. The van der Waals surface area contributed by atoms with Crippen LogP contribution in [0.1, 0.15) is 24.5 Å². The van der Waals surface area contributed by atoms with Crippen molar-refractivity contribution in [3.05, 3.63) is 81.5 Å². The molecule has 2 atom stereocenters. The number of anilines is 2. The van der Waals surface area contributed by atoms with Gasteiger partial charge in [-0.25, -0.2) is 31.0 Å². The molecule has 2 aromatic heterocycles. The minimum absolute atomic E-state index is 0. The fraction of sp³-hybridized carbons (Fsp3) is 0.321. The van der Waals surface area contributed by atoms with Gasteiger partial charge >= 0.3 is 6.18 Å². The van der Waals surface area contributed by atoms with Crippen LogP contribution < -0.4 is 20.9 Å². The second kappa shape index (κ2) is 13.4. The molecule has 0 radical (unpaired) electrons. The molecule has 1 saturated heterocycles. The third-order valence-corrected chi connectivity index (χ3v) is 8.35. The molecule has 0 unspecified atom stereocenters. The molecule has 1 aliphatic heterocycles. The van der Waals surface area contributed by atoms with Crippen molar-refractivity contribution in [2.24, 2.45) is 0 Å². The van der Waals surface area contributed by atoms with Crippen LogP contribution in [0.15, 0.2) is 47.4 Å². The van der Waals surface area contributed by atoms with E-state index in [4.69, 9.17) is 0 Å². The van der Waals surface area contributed by atoms with Gasteiger partial charge in [0.1, 0.15) is 17.5 Å². The molecule has 0 amide bonds. The Morgan fingerprint density at radius 2 is 1.74 bits per heavy atom. The van der Waals surface area contributed by atoms with Crippen molar-refractivity contribution in [2.75, 3.05) is 23.1 Å². The second-order valence-electron chi connectivity index (χ2n) is 10.4. The minimum Gasteiger partial charge on any atom is -0.350 e. The summed E-state index contributed by atoms with van der Waals surface area (Å²) in [5.41, 5.74) is -4.52. The number of piperidine rings is 1. The molecule has 46 heavy (non-hydrogen) atoms. The Labute approximate surface area is 263 Å². The zero-order valence-corrected chi connectivity index (χ0v) is 25.4. The first-order chi connectivity index (χ1) is 21.2. The smallest absolute Gasteiger partial charge is 0.350 e. The van der Waals surface area contributed by atoms with Gasteiger partial charge in [-0.1, -0.05) is 12.1 Å². The fourth-order valence-corrected chi connectivity index (χ4v) is 6.18. The molecule has 1 fully saturated rings. The minimum atomic E-state index is -4.66. The highest BCUT2D eigenvalue weighted by Crippen LogP contribution is 2.33. The normalized spacial score (nSPS) is 17.0. The highest BCUT2D eigenvalue weighted by molar-refractivity contribution is 7.91. The largest absolute Gasteiger partial charge is 0.416 e. The van der Waals surface area contributed by atoms with Gasteiger partial charge in [0.15, 0.2) is 17.5 Å². The Morgan fingerprint density at radius 1 is 1.04 bits per heavy atom. The van der Waals surface area contributed by atoms with E-state index < -0.39 is 73.5 Å². The first-order valence-corrected chi connectivity index (χ1v) is 15.2. The third kappa shape index (κ3) is 7.36. The van der Waals surface area contributed by atoms with Gasteiger partial charge in [-0.3, -0.25) is 14.1 Å². The van der Waals surface area contributed by atoms with E-state index in [1.807, 2.05) is 0 Å². The molecule has 5 rings (SSSR count). The molecule has 18 heteroatoms. The number of benzene rings is 2. The van der Waals surface area contributed by atoms with Crippen molar-refractivity contribution in [1.29, 1.82) is 0 Å². The lowest BCUT2D eigenvalue weighted by atomic mass is 10.0. The summed E-state index contributed by atoms with van der Waals surface area (Å²) in [6.45, 7) is 2.29. The van der Waals surface area contributed by atoms with E-state index in [9.17, 15) is 30.8 Å². The number of sulfonamides is 1. The molecule has 1 aliphatic rings.